The molecule has 2 rings (SSSR count). The molecule has 2 heterocycles. The van der Waals surface area contributed by atoms with Crippen molar-refractivity contribution in [3.8, 4) is 0 Å². The van der Waals surface area contributed by atoms with Gasteiger partial charge in [0.05, 0.1) is 0 Å². The van der Waals surface area contributed by atoms with Crippen molar-refractivity contribution in [3.63, 3.8) is 0 Å². The minimum atomic E-state index is 0.524. The Labute approximate surface area is 93.6 Å². The van der Waals surface area contributed by atoms with Crippen LogP contribution in [0.5, 0.6) is 0 Å². The number of hydrogen-bond acceptors (Lipinski definition) is 3. The van der Waals surface area contributed by atoms with Crippen molar-refractivity contribution in [1.29, 1.82) is 0 Å². The first kappa shape index (κ1) is 11.4. The fraction of sp³-hybridized carbons (Fsp3) is 1.00. The standard InChI is InChI=1S/C12H25N3/c1-12(5-6-14-9-12)10-15-7-3-4-11(15)8-13-2/h11,13-14H,3-10H2,1-2H3. The van der Waals surface area contributed by atoms with E-state index in [0.717, 1.165) is 12.6 Å². The lowest BCUT2D eigenvalue weighted by molar-refractivity contribution is 0.164. The molecule has 2 aliphatic rings. The lowest BCUT2D eigenvalue weighted by atomic mass is 9.89. The Morgan fingerprint density at radius 3 is 3.07 bits per heavy atom. The highest BCUT2D eigenvalue weighted by Gasteiger charge is 2.34. The van der Waals surface area contributed by atoms with Crippen molar-refractivity contribution in [3.05, 3.63) is 0 Å². The molecule has 2 N–H and O–H groups in total. The molecular weight excluding hydrogens is 186 g/mol. The van der Waals surface area contributed by atoms with Crippen molar-refractivity contribution >= 4 is 0 Å². The number of likely N-dealkylation sites (N-methyl/N-ethyl adjacent to an activating group) is 1. The maximum atomic E-state index is 3.49. The largest absolute Gasteiger partial charge is 0.318 e. The zero-order valence-electron chi connectivity index (χ0n) is 10.2. The summed E-state index contributed by atoms with van der Waals surface area (Å²) < 4.78 is 0. The third-order valence-electron chi connectivity index (χ3n) is 3.98. The summed E-state index contributed by atoms with van der Waals surface area (Å²) in [5.41, 5.74) is 0.524. The van der Waals surface area contributed by atoms with E-state index in [1.807, 2.05) is 0 Å². The van der Waals surface area contributed by atoms with Crippen LogP contribution >= 0.6 is 0 Å². The summed E-state index contributed by atoms with van der Waals surface area (Å²) in [6, 6.07) is 0.785. The van der Waals surface area contributed by atoms with Crippen LogP contribution in [0.1, 0.15) is 26.2 Å². The highest BCUT2D eigenvalue weighted by Crippen LogP contribution is 2.29. The van der Waals surface area contributed by atoms with Gasteiger partial charge in [0.15, 0.2) is 0 Å². The minimum Gasteiger partial charge on any atom is -0.318 e. The lowest BCUT2D eigenvalue weighted by Gasteiger charge is -2.33. The van der Waals surface area contributed by atoms with Crippen LogP contribution in [0.2, 0.25) is 0 Å². The van der Waals surface area contributed by atoms with Gasteiger partial charge in [0.2, 0.25) is 0 Å². The molecule has 0 aromatic heterocycles. The predicted molar refractivity (Wildman–Crippen MR) is 64.1 cm³/mol. The van der Waals surface area contributed by atoms with Gasteiger partial charge in [0.25, 0.3) is 0 Å². The molecule has 3 heteroatoms. The lowest BCUT2D eigenvalue weighted by Crippen LogP contribution is -2.43. The molecule has 0 spiro atoms. The molecule has 0 aliphatic carbocycles. The summed E-state index contributed by atoms with van der Waals surface area (Å²) in [5.74, 6) is 0. The highest BCUT2D eigenvalue weighted by atomic mass is 15.2. The van der Waals surface area contributed by atoms with Crippen LogP contribution in [0.15, 0.2) is 0 Å². The first-order chi connectivity index (χ1) is 7.23. The van der Waals surface area contributed by atoms with E-state index < -0.39 is 0 Å². The van der Waals surface area contributed by atoms with Crippen LogP contribution in [0, 0.1) is 5.41 Å². The second kappa shape index (κ2) is 4.81. The number of nitrogens with zero attached hydrogens (tertiary/aromatic N) is 1. The number of likely N-dealkylation sites (tertiary alicyclic amines) is 1. The van der Waals surface area contributed by atoms with Crippen molar-refractivity contribution in [2.75, 3.05) is 39.8 Å². The van der Waals surface area contributed by atoms with Crippen LogP contribution < -0.4 is 10.6 Å². The summed E-state index contributed by atoms with van der Waals surface area (Å²) in [4.78, 5) is 2.70. The van der Waals surface area contributed by atoms with Crippen LogP contribution in [0.25, 0.3) is 0 Å². The average Bonchev–Trinajstić information content (AvgIpc) is 2.78. The Kier molecular flexibility index (Phi) is 3.65. The molecule has 2 unspecified atom stereocenters. The van der Waals surface area contributed by atoms with Crippen molar-refractivity contribution < 1.29 is 0 Å². The van der Waals surface area contributed by atoms with Crippen molar-refractivity contribution in [1.82, 2.24) is 15.5 Å². The molecule has 0 saturated carbocycles. The molecule has 3 nitrogen and oxygen atoms in total. The molecule has 15 heavy (non-hydrogen) atoms. The van der Waals surface area contributed by atoms with Crippen molar-refractivity contribution in [2.45, 2.75) is 32.2 Å². The Hall–Kier alpha value is -0.120. The molecule has 88 valence electrons. The van der Waals surface area contributed by atoms with E-state index >= 15 is 0 Å². The molecule has 2 fully saturated rings. The third-order valence-corrected chi connectivity index (χ3v) is 3.98. The highest BCUT2D eigenvalue weighted by molar-refractivity contribution is 4.90. The zero-order valence-corrected chi connectivity index (χ0v) is 10.2. The zero-order chi connectivity index (χ0) is 10.7. The number of rotatable bonds is 4. The van der Waals surface area contributed by atoms with Crippen LogP contribution in [-0.4, -0.2) is 50.7 Å². The monoisotopic (exact) mass is 211 g/mol. The van der Waals surface area contributed by atoms with Gasteiger partial charge in [0.1, 0.15) is 0 Å². The van der Waals surface area contributed by atoms with Gasteiger partial charge in [-0.05, 0) is 44.8 Å². The topological polar surface area (TPSA) is 27.3 Å². The van der Waals surface area contributed by atoms with Crippen LogP contribution in [-0.2, 0) is 0 Å². The Balaban J connectivity index is 1.87. The first-order valence-electron chi connectivity index (χ1n) is 6.33. The molecule has 0 aromatic carbocycles. The van der Waals surface area contributed by atoms with Crippen molar-refractivity contribution in [2.24, 2.45) is 5.41 Å². The summed E-state index contributed by atoms with van der Waals surface area (Å²) in [5, 5.41) is 6.81. The average molecular weight is 211 g/mol. The quantitative estimate of drug-likeness (QED) is 0.716. The van der Waals surface area contributed by atoms with E-state index in [9.17, 15) is 0 Å². The summed E-state index contributed by atoms with van der Waals surface area (Å²) >= 11 is 0. The number of nitrogens with one attached hydrogen (secondary N) is 2. The van der Waals surface area contributed by atoms with Gasteiger partial charge in [-0.25, -0.2) is 0 Å². The molecule has 2 atom stereocenters. The Morgan fingerprint density at radius 1 is 1.53 bits per heavy atom. The predicted octanol–water partition coefficient (Wildman–Crippen LogP) is 0.670. The van der Waals surface area contributed by atoms with E-state index in [1.54, 1.807) is 0 Å². The first-order valence-corrected chi connectivity index (χ1v) is 6.33. The van der Waals surface area contributed by atoms with E-state index in [0.29, 0.717) is 5.41 Å². The van der Waals surface area contributed by atoms with E-state index in [-0.39, 0.29) is 0 Å². The van der Waals surface area contributed by atoms with Gasteiger partial charge in [-0.15, -0.1) is 0 Å². The minimum absolute atomic E-state index is 0.524. The van der Waals surface area contributed by atoms with Gasteiger partial charge < -0.3 is 10.6 Å². The Morgan fingerprint density at radius 2 is 2.40 bits per heavy atom. The van der Waals surface area contributed by atoms with Gasteiger partial charge in [-0.2, -0.15) is 0 Å². The Bertz CT molecular complexity index is 199. The summed E-state index contributed by atoms with van der Waals surface area (Å²) in [6.07, 6.45) is 4.11. The third kappa shape index (κ3) is 2.71. The van der Waals surface area contributed by atoms with Crippen LogP contribution in [0.3, 0.4) is 0 Å². The molecule has 2 aliphatic heterocycles. The maximum Gasteiger partial charge on any atom is 0.0221 e. The second-order valence-corrected chi connectivity index (χ2v) is 5.56. The van der Waals surface area contributed by atoms with Gasteiger partial charge in [0, 0.05) is 25.7 Å². The second-order valence-electron chi connectivity index (χ2n) is 5.56. The molecular formula is C12H25N3. The number of hydrogen-bond donors (Lipinski definition) is 2. The maximum absolute atomic E-state index is 3.49. The summed E-state index contributed by atoms with van der Waals surface area (Å²) in [7, 11) is 2.06. The SMILES string of the molecule is CNCC1CCCN1CC1(C)CCNC1. The molecule has 0 amide bonds. The van der Waals surface area contributed by atoms with E-state index in [4.69, 9.17) is 0 Å². The fourth-order valence-electron chi connectivity index (χ4n) is 3.06. The molecule has 2 saturated heterocycles. The fourth-order valence-corrected chi connectivity index (χ4v) is 3.06. The smallest absolute Gasteiger partial charge is 0.0221 e. The van der Waals surface area contributed by atoms with Crippen LogP contribution in [0.4, 0.5) is 0 Å². The molecule has 0 radical (unpaired) electrons. The molecule has 0 aromatic rings. The summed E-state index contributed by atoms with van der Waals surface area (Å²) in [6.45, 7) is 8.59. The van der Waals surface area contributed by atoms with Gasteiger partial charge in [-0.3, -0.25) is 4.90 Å². The normalized spacial score (nSPS) is 37.6. The van der Waals surface area contributed by atoms with Gasteiger partial charge >= 0.3 is 0 Å². The molecule has 0 bridgehead atoms. The van der Waals surface area contributed by atoms with Gasteiger partial charge in [-0.1, -0.05) is 6.92 Å². The van der Waals surface area contributed by atoms with E-state index in [1.165, 1.54) is 45.4 Å². The van der Waals surface area contributed by atoms with E-state index in [2.05, 4.69) is 29.5 Å².